The number of nitrogens with zero attached hydrogens (tertiary/aromatic N) is 1. The van der Waals surface area contributed by atoms with Gasteiger partial charge in [-0.05, 0) is 38.5 Å². The smallest absolute Gasteiger partial charge is 0.319 e. The summed E-state index contributed by atoms with van der Waals surface area (Å²) in [5.41, 5.74) is 1.10. The molecule has 0 unspecified atom stereocenters. The molecule has 0 aliphatic carbocycles. The van der Waals surface area contributed by atoms with Crippen LogP contribution in [0.15, 0.2) is 30.3 Å². The Hall–Kier alpha value is -2.41. The average Bonchev–Trinajstić information content (AvgIpc) is 2.78. The minimum absolute atomic E-state index is 0.132. The lowest BCUT2D eigenvalue weighted by Gasteiger charge is -2.14. The van der Waals surface area contributed by atoms with E-state index in [4.69, 9.17) is 0 Å². The van der Waals surface area contributed by atoms with Crippen molar-refractivity contribution in [2.24, 2.45) is 0 Å². The zero-order chi connectivity index (χ0) is 16.3. The number of amides is 2. The normalized spacial score (nSPS) is 11.8. The number of hydrogen-bond acceptors (Lipinski definition) is 4. The van der Waals surface area contributed by atoms with Crippen molar-refractivity contribution < 1.29 is 9.72 Å². The molecule has 0 radical (unpaired) electrons. The van der Waals surface area contributed by atoms with E-state index in [0.717, 1.165) is 10.4 Å². The predicted molar refractivity (Wildman–Crippen MR) is 87.5 cm³/mol. The molecular formula is C15H17N3O3S. The van der Waals surface area contributed by atoms with Crippen LogP contribution in [0.5, 0.6) is 0 Å². The van der Waals surface area contributed by atoms with Crippen molar-refractivity contribution in [1.29, 1.82) is 0 Å². The third kappa shape index (κ3) is 3.62. The summed E-state index contributed by atoms with van der Waals surface area (Å²) in [6.45, 7) is 5.90. The maximum absolute atomic E-state index is 12.0. The van der Waals surface area contributed by atoms with Gasteiger partial charge in [-0.25, -0.2) is 4.79 Å². The fourth-order valence-corrected chi connectivity index (χ4v) is 3.27. The molecule has 2 rings (SSSR count). The number of carbonyl (C=O) groups is 1. The highest BCUT2D eigenvalue weighted by atomic mass is 32.1. The number of nitrogens with one attached hydrogen (secondary N) is 2. The van der Waals surface area contributed by atoms with Gasteiger partial charge in [-0.1, -0.05) is 12.1 Å². The van der Waals surface area contributed by atoms with Crippen LogP contribution in [0.3, 0.4) is 0 Å². The second-order valence-corrected chi connectivity index (χ2v) is 6.42. The SMILES string of the molecule is Cc1cc([C@H](C)NC(=O)Nc2ccccc2[N+](=O)[O-])c(C)s1. The topological polar surface area (TPSA) is 84.3 Å². The Labute approximate surface area is 132 Å². The van der Waals surface area contributed by atoms with Crippen molar-refractivity contribution >= 4 is 28.7 Å². The lowest BCUT2D eigenvalue weighted by Crippen LogP contribution is -2.31. The highest BCUT2D eigenvalue weighted by molar-refractivity contribution is 7.12. The summed E-state index contributed by atoms with van der Waals surface area (Å²) in [6.07, 6.45) is 0. The molecule has 2 N–H and O–H groups in total. The van der Waals surface area contributed by atoms with E-state index in [2.05, 4.69) is 10.6 Å². The van der Waals surface area contributed by atoms with Gasteiger partial charge in [0.2, 0.25) is 0 Å². The minimum Gasteiger partial charge on any atom is -0.331 e. The maximum Gasteiger partial charge on any atom is 0.319 e. The summed E-state index contributed by atoms with van der Waals surface area (Å²) in [5, 5.41) is 16.3. The molecule has 0 aliphatic rings. The Morgan fingerprint density at radius 2 is 2.00 bits per heavy atom. The van der Waals surface area contributed by atoms with Crippen LogP contribution in [0.25, 0.3) is 0 Å². The standard InChI is InChI=1S/C15H17N3O3S/c1-9-8-12(11(3)22-9)10(2)16-15(19)17-13-6-4-5-7-14(13)18(20)21/h4-8,10H,1-3H3,(H2,16,17,19)/t10-/m0/s1. The van der Waals surface area contributed by atoms with E-state index in [1.807, 2.05) is 26.8 Å². The lowest BCUT2D eigenvalue weighted by atomic mass is 10.1. The number of para-hydroxylation sites is 2. The maximum atomic E-state index is 12.0. The minimum atomic E-state index is -0.522. The van der Waals surface area contributed by atoms with E-state index in [0.29, 0.717) is 0 Å². The first-order valence-electron chi connectivity index (χ1n) is 6.76. The second-order valence-electron chi connectivity index (χ2n) is 4.96. The number of benzene rings is 1. The number of anilines is 1. The van der Waals surface area contributed by atoms with Gasteiger partial charge in [0, 0.05) is 15.8 Å². The Bertz CT molecular complexity index is 712. The Morgan fingerprint density at radius 3 is 2.59 bits per heavy atom. The van der Waals surface area contributed by atoms with Crippen LogP contribution in [-0.4, -0.2) is 11.0 Å². The van der Waals surface area contributed by atoms with Gasteiger partial charge in [0.05, 0.1) is 11.0 Å². The summed E-state index contributed by atoms with van der Waals surface area (Å²) < 4.78 is 0. The van der Waals surface area contributed by atoms with Crippen molar-refractivity contribution in [3.63, 3.8) is 0 Å². The molecule has 0 aliphatic heterocycles. The molecular weight excluding hydrogens is 302 g/mol. The summed E-state index contributed by atoms with van der Waals surface area (Å²) in [6, 6.07) is 7.45. The molecule has 0 saturated carbocycles. The highest BCUT2D eigenvalue weighted by Gasteiger charge is 2.17. The molecule has 2 aromatic rings. The number of nitro groups is 1. The summed E-state index contributed by atoms with van der Waals surface area (Å²) >= 11 is 1.67. The number of nitro benzene ring substituents is 1. The van der Waals surface area contributed by atoms with Gasteiger partial charge in [0.15, 0.2) is 0 Å². The summed E-state index contributed by atoms with van der Waals surface area (Å²) in [7, 11) is 0. The average molecular weight is 319 g/mol. The number of thiophene rings is 1. The number of aryl methyl sites for hydroxylation is 2. The van der Waals surface area contributed by atoms with Gasteiger partial charge in [-0.2, -0.15) is 0 Å². The molecule has 0 saturated heterocycles. The molecule has 0 spiro atoms. The van der Waals surface area contributed by atoms with Gasteiger partial charge in [-0.15, -0.1) is 11.3 Å². The first-order chi connectivity index (χ1) is 10.4. The van der Waals surface area contributed by atoms with Crippen molar-refractivity contribution in [3.05, 3.63) is 55.8 Å². The van der Waals surface area contributed by atoms with E-state index < -0.39 is 11.0 Å². The highest BCUT2D eigenvalue weighted by Crippen LogP contribution is 2.27. The van der Waals surface area contributed by atoms with E-state index in [9.17, 15) is 14.9 Å². The molecule has 0 bridgehead atoms. The van der Waals surface area contributed by atoms with Crippen molar-refractivity contribution in [2.45, 2.75) is 26.8 Å². The number of hydrogen-bond donors (Lipinski definition) is 2. The molecule has 7 heteroatoms. The summed E-state index contributed by atoms with van der Waals surface area (Å²) in [5.74, 6) is 0. The van der Waals surface area contributed by atoms with Crippen molar-refractivity contribution in [3.8, 4) is 0 Å². The third-order valence-electron chi connectivity index (χ3n) is 3.24. The quantitative estimate of drug-likeness (QED) is 0.655. The fourth-order valence-electron chi connectivity index (χ4n) is 2.25. The largest absolute Gasteiger partial charge is 0.331 e. The molecule has 2 amide bonds. The van der Waals surface area contributed by atoms with Gasteiger partial charge in [0.25, 0.3) is 5.69 Å². The first kappa shape index (κ1) is 16.0. The molecule has 1 aromatic heterocycles. The van der Waals surface area contributed by atoms with Crippen LogP contribution in [-0.2, 0) is 0 Å². The van der Waals surface area contributed by atoms with Crippen LogP contribution in [0.1, 0.15) is 28.3 Å². The predicted octanol–water partition coefficient (Wildman–Crippen LogP) is 4.16. The monoisotopic (exact) mass is 319 g/mol. The van der Waals surface area contributed by atoms with Crippen LogP contribution in [0.4, 0.5) is 16.2 Å². The number of carbonyl (C=O) groups excluding carboxylic acids is 1. The zero-order valence-corrected chi connectivity index (χ0v) is 13.4. The molecule has 1 heterocycles. The van der Waals surface area contributed by atoms with Gasteiger partial charge in [0.1, 0.15) is 5.69 Å². The molecule has 1 aromatic carbocycles. The molecule has 1 atom stereocenters. The molecule has 116 valence electrons. The van der Waals surface area contributed by atoms with Crippen LogP contribution in [0, 0.1) is 24.0 Å². The van der Waals surface area contributed by atoms with Gasteiger partial charge in [-0.3, -0.25) is 10.1 Å². The van der Waals surface area contributed by atoms with Crippen LogP contribution < -0.4 is 10.6 Å². The third-order valence-corrected chi connectivity index (χ3v) is 4.22. The van der Waals surface area contributed by atoms with E-state index in [-0.39, 0.29) is 17.4 Å². The molecule has 6 nitrogen and oxygen atoms in total. The van der Waals surface area contributed by atoms with Crippen molar-refractivity contribution in [2.75, 3.05) is 5.32 Å². The number of urea groups is 1. The summed E-state index contributed by atoms with van der Waals surface area (Å²) in [4.78, 5) is 24.8. The molecule has 0 fully saturated rings. The Balaban J connectivity index is 2.07. The van der Waals surface area contributed by atoms with E-state index in [1.54, 1.807) is 23.5 Å². The fraction of sp³-hybridized carbons (Fsp3) is 0.267. The van der Waals surface area contributed by atoms with Gasteiger partial charge < -0.3 is 10.6 Å². The van der Waals surface area contributed by atoms with Crippen LogP contribution >= 0.6 is 11.3 Å². The van der Waals surface area contributed by atoms with E-state index >= 15 is 0 Å². The van der Waals surface area contributed by atoms with E-state index in [1.165, 1.54) is 17.0 Å². The number of rotatable bonds is 4. The van der Waals surface area contributed by atoms with Crippen molar-refractivity contribution in [1.82, 2.24) is 5.32 Å². The zero-order valence-electron chi connectivity index (χ0n) is 12.5. The second kappa shape index (κ2) is 6.57. The molecule has 22 heavy (non-hydrogen) atoms. The Morgan fingerprint density at radius 1 is 1.32 bits per heavy atom. The van der Waals surface area contributed by atoms with Crippen LogP contribution in [0.2, 0.25) is 0 Å². The van der Waals surface area contributed by atoms with Gasteiger partial charge >= 0.3 is 6.03 Å². The Kier molecular flexibility index (Phi) is 4.77. The lowest BCUT2D eigenvalue weighted by molar-refractivity contribution is -0.383. The first-order valence-corrected chi connectivity index (χ1v) is 7.58.